The van der Waals surface area contributed by atoms with E-state index in [0.717, 1.165) is 25.5 Å². The molecule has 2 rings (SSSR count). The zero-order chi connectivity index (χ0) is 15.4. The number of nitrogens with one attached hydrogen (secondary N) is 1. The van der Waals surface area contributed by atoms with E-state index in [0.29, 0.717) is 23.0 Å². The van der Waals surface area contributed by atoms with Crippen molar-refractivity contribution in [2.45, 2.75) is 58.9 Å². The molecule has 0 radical (unpaired) electrons. The van der Waals surface area contributed by atoms with Crippen LogP contribution in [-0.4, -0.2) is 6.54 Å². The van der Waals surface area contributed by atoms with Crippen molar-refractivity contribution >= 4 is 0 Å². The predicted octanol–water partition coefficient (Wildman–Crippen LogP) is 5.14. The van der Waals surface area contributed by atoms with Crippen LogP contribution in [0.5, 0.6) is 0 Å². The van der Waals surface area contributed by atoms with Gasteiger partial charge in [0.05, 0.1) is 0 Å². The smallest absolute Gasteiger partial charge is 0.130 e. The van der Waals surface area contributed by atoms with Crippen LogP contribution >= 0.6 is 0 Å². The topological polar surface area (TPSA) is 12.0 Å². The summed E-state index contributed by atoms with van der Waals surface area (Å²) in [4.78, 5) is 0. The average Bonchev–Trinajstić information content (AvgIpc) is 2.49. The van der Waals surface area contributed by atoms with Crippen LogP contribution in [0.15, 0.2) is 12.1 Å². The van der Waals surface area contributed by atoms with Gasteiger partial charge in [-0.15, -0.1) is 0 Å². The molecule has 1 saturated carbocycles. The van der Waals surface area contributed by atoms with Crippen molar-refractivity contribution in [3.05, 3.63) is 34.9 Å². The van der Waals surface area contributed by atoms with Gasteiger partial charge in [-0.1, -0.05) is 39.5 Å². The molecule has 3 unspecified atom stereocenters. The van der Waals surface area contributed by atoms with Gasteiger partial charge in [-0.25, -0.2) is 8.78 Å². The Morgan fingerprint density at radius 2 is 1.86 bits per heavy atom. The molecular formula is C18H27F2N. The van der Waals surface area contributed by atoms with Crippen LogP contribution in [0.1, 0.15) is 63.1 Å². The van der Waals surface area contributed by atoms with E-state index >= 15 is 0 Å². The first-order chi connectivity index (χ1) is 10.1. The van der Waals surface area contributed by atoms with Crippen LogP contribution in [0, 0.1) is 30.4 Å². The number of hydrogen-bond acceptors (Lipinski definition) is 1. The van der Waals surface area contributed by atoms with Crippen LogP contribution in [0.2, 0.25) is 0 Å². The molecule has 1 nitrogen and oxygen atoms in total. The molecule has 118 valence electrons. The quantitative estimate of drug-likeness (QED) is 0.793. The molecular weight excluding hydrogens is 268 g/mol. The van der Waals surface area contributed by atoms with Gasteiger partial charge in [0, 0.05) is 17.7 Å². The summed E-state index contributed by atoms with van der Waals surface area (Å²) in [6.07, 6.45) is 5.98. The first-order valence-corrected chi connectivity index (χ1v) is 8.27. The normalized spacial score (nSPS) is 24.0. The molecule has 1 N–H and O–H groups in total. The maximum Gasteiger partial charge on any atom is 0.130 e. The molecule has 1 fully saturated rings. The first kappa shape index (κ1) is 16.4. The highest BCUT2D eigenvalue weighted by Crippen LogP contribution is 2.41. The van der Waals surface area contributed by atoms with E-state index in [1.54, 1.807) is 13.0 Å². The van der Waals surface area contributed by atoms with Gasteiger partial charge in [0.25, 0.3) is 0 Å². The molecule has 1 aromatic carbocycles. The number of hydrogen-bond donors (Lipinski definition) is 1. The van der Waals surface area contributed by atoms with Crippen LogP contribution in [-0.2, 0) is 0 Å². The third-order valence-corrected chi connectivity index (χ3v) is 4.96. The van der Waals surface area contributed by atoms with Gasteiger partial charge in [-0.05, 0) is 43.4 Å². The summed E-state index contributed by atoms with van der Waals surface area (Å²) >= 11 is 0. The molecule has 1 aliphatic rings. The molecule has 3 atom stereocenters. The SMILES string of the molecule is CCNC(c1cc(C)c(F)cc1F)C1CCCCC1CC. The lowest BCUT2D eigenvalue weighted by Crippen LogP contribution is -2.35. The van der Waals surface area contributed by atoms with Gasteiger partial charge < -0.3 is 5.32 Å². The Kier molecular flexibility index (Phi) is 5.74. The fourth-order valence-corrected chi connectivity index (χ4v) is 3.81. The molecule has 0 saturated heterocycles. The summed E-state index contributed by atoms with van der Waals surface area (Å²) in [7, 11) is 0. The highest BCUT2D eigenvalue weighted by Gasteiger charge is 2.32. The zero-order valence-electron chi connectivity index (χ0n) is 13.4. The standard InChI is InChI=1S/C18H27F2N/c1-4-13-8-6-7-9-14(13)18(21-5-2)15-10-12(3)16(19)11-17(15)20/h10-11,13-14,18,21H,4-9H2,1-3H3. The summed E-state index contributed by atoms with van der Waals surface area (Å²) in [5, 5.41) is 3.46. The largest absolute Gasteiger partial charge is 0.310 e. The Morgan fingerprint density at radius 3 is 2.52 bits per heavy atom. The van der Waals surface area contributed by atoms with Gasteiger partial charge >= 0.3 is 0 Å². The molecule has 0 aromatic heterocycles. The summed E-state index contributed by atoms with van der Waals surface area (Å²) in [5.74, 6) is 0.210. The lowest BCUT2D eigenvalue weighted by molar-refractivity contribution is 0.174. The van der Waals surface area contributed by atoms with Crippen molar-refractivity contribution in [3.8, 4) is 0 Å². The van der Waals surface area contributed by atoms with Crippen LogP contribution in [0.3, 0.4) is 0 Å². The van der Waals surface area contributed by atoms with Gasteiger partial charge in [0.2, 0.25) is 0 Å². The maximum atomic E-state index is 14.3. The second-order valence-electron chi connectivity index (χ2n) is 6.27. The zero-order valence-corrected chi connectivity index (χ0v) is 13.4. The Labute approximate surface area is 127 Å². The molecule has 0 bridgehead atoms. The summed E-state index contributed by atoms with van der Waals surface area (Å²) in [6.45, 7) is 6.77. The molecule has 1 aromatic rings. The minimum absolute atomic E-state index is 0.000417. The Bertz CT molecular complexity index is 473. The van der Waals surface area contributed by atoms with E-state index in [1.165, 1.54) is 19.3 Å². The fourth-order valence-electron chi connectivity index (χ4n) is 3.81. The lowest BCUT2D eigenvalue weighted by Gasteiger charge is -2.37. The summed E-state index contributed by atoms with van der Waals surface area (Å²) in [6, 6.07) is 2.73. The van der Waals surface area contributed by atoms with Crippen molar-refractivity contribution in [1.82, 2.24) is 5.32 Å². The van der Waals surface area contributed by atoms with Crippen molar-refractivity contribution in [1.29, 1.82) is 0 Å². The molecule has 21 heavy (non-hydrogen) atoms. The van der Waals surface area contributed by atoms with Crippen molar-refractivity contribution < 1.29 is 8.78 Å². The molecule has 0 aliphatic heterocycles. The van der Waals surface area contributed by atoms with Crippen molar-refractivity contribution in [2.24, 2.45) is 11.8 Å². The number of halogens is 2. The van der Waals surface area contributed by atoms with Crippen LogP contribution in [0.4, 0.5) is 8.78 Å². The van der Waals surface area contributed by atoms with Gasteiger partial charge in [-0.2, -0.15) is 0 Å². The molecule has 0 spiro atoms. The molecule has 0 heterocycles. The lowest BCUT2D eigenvalue weighted by atomic mass is 9.72. The second-order valence-corrected chi connectivity index (χ2v) is 6.27. The number of aryl methyl sites for hydroxylation is 1. The predicted molar refractivity (Wildman–Crippen MR) is 83.3 cm³/mol. The van der Waals surface area contributed by atoms with E-state index in [1.807, 2.05) is 6.92 Å². The highest BCUT2D eigenvalue weighted by atomic mass is 19.1. The molecule has 0 amide bonds. The Balaban J connectivity index is 2.35. The van der Waals surface area contributed by atoms with Crippen molar-refractivity contribution in [2.75, 3.05) is 6.54 Å². The van der Waals surface area contributed by atoms with Gasteiger partial charge in [0.15, 0.2) is 0 Å². The van der Waals surface area contributed by atoms with E-state index in [9.17, 15) is 8.78 Å². The average molecular weight is 295 g/mol. The first-order valence-electron chi connectivity index (χ1n) is 8.27. The number of benzene rings is 1. The molecule has 3 heteroatoms. The molecule has 1 aliphatic carbocycles. The monoisotopic (exact) mass is 295 g/mol. The van der Waals surface area contributed by atoms with E-state index in [-0.39, 0.29) is 6.04 Å². The second kappa shape index (κ2) is 7.35. The summed E-state index contributed by atoms with van der Waals surface area (Å²) in [5.41, 5.74) is 1.17. The van der Waals surface area contributed by atoms with Gasteiger partial charge in [-0.3, -0.25) is 0 Å². The minimum atomic E-state index is -0.456. The Hall–Kier alpha value is -0.960. The minimum Gasteiger partial charge on any atom is -0.310 e. The van der Waals surface area contributed by atoms with Gasteiger partial charge in [0.1, 0.15) is 11.6 Å². The Morgan fingerprint density at radius 1 is 1.14 bits per heavy atom. The van der Waals surface area contributed by atoms with E-state index in [4.69, 9.17) is 0 Å². The summed E-state index contributed by atoms with van der Waals surface area (Å²) < 4.78 is 27.8. The number of rotatable bonds is 5. The third kappa shape index (κ3) is 3.63. The van der Waals surface area contributed by atoms with Crippen LogP contribution < -0.4 is 5.32 Å². The highest BCUT2D eigenvalue weighted by molar-refractivity contribution is 5.29. The van der Waals surface area contributed by atoms with Crippen LogP contribution in [0.25, 0.3) is 0 Å². The third-order valence-electron chi connectivity index (χ3n) is 4.96. The van der Waals surface area contributed by atoms with E-state index < -0.39 is 11.6 Å². The van der Waals surface area contributed by atoms with Crippen molar-refractivity contribution in [3.63, 3.8) is 0 Å². The maximum absolute atomic E-state index is 14.3. The fraction of sp³-hybridized carbons (Fsp3) is 0.667. The van der Waals surface area contributed by atoms with E-state index in [2.05, 4.69) is 12.2 Å².